The highest BCUT2D eigenvalue weighted by atomic mass is 16.5. The average molecular weight is 248 g/mol. The maximum atomic E-state index is 11.8. The van der Waals surface area contributed by atoms with Crippen LogP contribution in [-0.4, -0.2) is 26.2 Å². The summed E-state index contributed by atoms with van der Waals surface area (Å²) in [6.07, 6.45) is 2.59. The number of hydrogen-bond donors (Lipinski definition) is 1. The van der Waals surface area contributed by atoms with Crippen molar-refractivity contribution >= 4 is 17.3 Å². The predicted octanol–water partition coefficient (Wildman–Crippen LogP) is 2.29. The van der Waals surface area contributed by atoms with Gasteiger partial charge in [0.25, 0.3) is 0 Å². The molecule has 1 saturated carbocycles. The summed E-state index contributed by atoms with van der Waals surface area (Å²) in [6, 6.07) is 5.50. The smallest absolute Gasteiger partial charge is 0.340 e. The predicted molar refractivity (Wildman–Crippen MR) is 72.8 cm³/mol. The van der Waals surface area contributed by atoms with Crippen LogP contribution in [0.5, 0.6) is 0 Å². The Labute approximate surface area is 108 Å². The van der Waals surface area contributed by atoms with Gasteiger partial charge in [0.1, 0.15) is 0 Å². The fraction of sp³-hybridized carbons (Fsp3) is 0.500. The van der Waals surface area contributed by atoms with E-state index in [1.165, 1.54) is 12.8 Å². The van der Waals surface area contributed by atoms with Crippen molar-refractivity contribution in [1.82, 2.24) is 0 Å². The molecule has 0 unspecified atom stereocenters. The molecule has 0 amide bonds. The zero-order chi connectivity index (χ0) is 13.1. The monoisotopic (exact) mass is 248 g/mol. The normalized spacial score (nSPS) is 14.3. The zero-order valence-corrected chi connectivity index (χ0v) is 11.0. The molecule has 0 atom stereocenters. The topological polar surface area (TPSA) is 55.6 Å². The van der Waals surface area contributed by atoms with E-state index in [0.29, 0.717) is 17.9 Å². The lowest BCUT2D eigenvalue weighted by Gasteiger charge is -2.22. The third kappa shape index (κ3) is 2.75. The SMILES string of the molecule is CCOC(=O)c1cccc(N(C)CC2CC2)c1N. The highest BCUT2D eigenvalue weighted by Gasteiger charge is 2.24. The van der Waals surface area contributed by atoms with Crippen LogP contribution in [0.1, 0.15) is 30.1 Å². The van der Waals surface area contributed by atoms with Crippen LogP contribution in [0.2, 0.25) is 0 Å². The van der Waals surface area contributed by atoms with E-state index in [9.17, 15) is 4.79 Å². The van der Waals surface area contributed by atoms with Gasteiger partial charge < -0.3 is 15.4 Å². The van der Waals surface area contributed by atoms with E-state index >= 15 is 0 Å². The molecule has 1 aromatic rings. The highest BCUT2D eigenvalue weighted by Crippen LogP contribution is 2.33. The first-order chi connectivity index (χ1) is 8.63. The first-order valence-corrected chi connectivity index (χ1v) is 6.40. The van der Waals surface area contributed by atoms with Crippen LogP contribution < -0.4 is 10.6 Å². The number of hydrogen-bond acceptors (Lipinski definition) is 4. The third-order valence-electron chi connectivity index (χ3n) is 3.22. The van der Waals surface area contributed by atoms with Gasteiger partial charge in [0.2, 0.25) is 0 Å². The molecule has 2 rings (SSSR count). The number of para-hydroxylation sites is 1. The molecular formula is C14H20N2O2. The van der Waals surface area contributed by atoms with E-state index in [-0.39, 0.29) is 5.97 Å². The highest BCUT2D eigenvalue weighted by molar-refractivity contribution is 5.98. The average Bonchev–Trinajstić information content (AvgIpc) is 3.13. The van der Waals surface area contributed by atoms with Crippen LogP contribution >= 0.6 is 0 Å². The van der Waals surface area contributed by atoms with Crippen molar-refractivity contribution < 1.29 is 9.53 Å². The molecule has 0 spiro atoms. The molecule has 0 aliphatic heterocycles. The number of nitrogen functional groups attached to an aromatic ring is 1. The number of anilines is 2. The lowest BCUT2D eigenvalue weighted by Crippen LogP contribution is -2.22. The lowest BCUT2D eigenvalue weighted by atomic mass is 10.1. The van der Waals surface area contributed by atoms with E-state index in [2.05, 4.69) is 4.90 Å². The van der Waals surface area contributed by atoms with Gasteiger partial charge in [-0.05, 0) is 37.8 Å². The van der Waals surface area contributed by atoms with Gasteiger partial charge in [-0.1, -0.05) is 6.07 Å². The fourth-order valence-electron chi connectivity index (χ4n) is 2.06. The van der Waals surface area contributed by atoms with Crippen LogP contribution in [-0.2, 0) is 4.74 Å². The second kappa shape index (κ2) is 5.29. The van der Waals surface area contributed by atoms with Crippen LogP contribution in [0.4, 0.5) is 11.4 Å². The number of nitrogens with two attached hydrogens (primary N) is 1. The Kier molecular flexibility index (Phi) is 3.75. The van der Waals surface area contributed by atoms with Gasteiger partial charge in [-0.15, -0.1) is 0 Å². The molecule has 18 heavy (non-hydrogen) atoms. The molecule has 4 nitrogen and oxygen atoms in total. The Morgan fingerprint density at radius 2 is 2.22 bits per heavy atom. The van der Waals surface area contributed by atoms with Crippen molar-refractivity contribution in [2.24, 2.45) is 5.92 Å². The first-order valence-electron chi connectivity index (χ1n) is 6.40. The Morgan fingerprint density at radius 3 is 2.83 bits per heavy atom. The number of rotatable bonds is 5. The minimum atomic E-state index is -0.350. The summed E-state index contributed by atoms with van der Waals surface area (Å²) in [5.41, 5.74) is 7.95. The summed E-state index contributed by atoms with van der Waals surface area (Å²) in [5, 5.41) is 0. The number of benzene rings is 1. The molecule has 1 aliphatic rings. The largest absolute Gasteiger partial charge is 0.462 e. The standard InChI is InChI=1S/C14H20N2O2/c1-3-18-14(17)11-5-4-6-12(13(11)15)16(2)9-10-7-8-10/h4-6,10H,3,7-9,15H2,1-2H3. The summed E-state index contributed by atoms with van der Waals surface area (Å²) in [6.45, 7) is 3.15. The van der Waals surface area contributed by atoms with Crippen molar-refractivity contribution in [1.29, 1.82) is 0 Å². The van der Waals surface area contributed by atoms with Gasteiger partial charge in [0, 0.05) is 13.6 Å². The van der Waals surface area contributed by atoms with Gasteiger partial charge in [-0.2, -0.15) is 0 Å². The van der Waals surface area contributed by atoms with Crippen molar-refractivity contribution in [3.05, 3.63) is 23.8 Å². The number of esters is 1. The molecule has 1 aliphatic carbocycles. The summed E-state index contributed by atoms with van der Waals surface area (Å²) in [5.74, 6) is 0.428. The van der Waals surface area contributed by atoms with Crippen LogP contribution in [0.15, 0.2) is 18.2 Å². The molecular weight excluding hydrogens is 228 g/mol. The van der Waals surface area contributed by atoms with Crippen molar-refractivity contribution in [2.75, 3.05) is 30.8 Å². The second-order valence-corrected chi connectivity index (χ2v) is 4.78. The Balaban J connectivity index is 2.19. The molecule has 0 aromatic heterocycles. The summed E-state index contributed by atoms with van der Waals surface area (Å²) < 4.78 is 5.00. The van der Waals surface area contributed by atoms with Crippen molar-refractivity contribution in [2.45, 2.75) is 19.8 Å². The third-order valence-corrected chi connectivity index (χ3v) is 3.22. The first kappa shape index (κ1) is 12.7. The van der Waals surface area contributed by atoms with Gasteiger partial charge in [-0.25, -0.2) is 4.79 Å². The molecule has 0 saturated heterocycles. The minimum Gasteiger partial charge on any atom is -0.462 e. The van der Waals surface area contributed by atoms with E-state index in [0.717, 1.165) is 18.2 Å². The fourth-order valence-corrected chi connectivity index (χ4v) is 2.06. The van der Waals surface area contributed by atoms with Gasteiger partial charge >= 0.3 is 5.97 Å². The summed E-state index contributed by atoms with van der Waals surface area (Å²) in [7, 11) is 2.01. The number of carbonyl (C=O) groups is 1. The Morgan fingerprint density at radius 1 is 1.50 bits per heavy atom. The number of nitrogens with zero attached hydrogens (tertiary/aromatic N) is 1. The molecule has 1 aromatic carbocycles. The molecule has 2 N–H and O–H groups in total. The minimum absolute atomic E-state index is 0.350. The molecule has 0 bridgehead atoms. The number of carbonyl (C=O) groups excluding carboxylic acids is 1. The van der Waals surface area contributed by atoms with Crippen LogP contribution in [0, 0.1) is 5.92 Å². The number of ether oxygens (including phenoxy) is 1. The molecule has 0 heterocycles. The molecule has 0 radical (unpaired) electrons. The summed E-state index contributed by atoms with van der Waals surface area (Å²) >= 11 is 0. The summed E-state index contributed by atoms with van der Waals surface area (Å²) in [4.78, 5) is 13.9. The van der Waals surface area contributed by atoms with Crippen LogP contribution in [0.25, 0.3) is 0 Å². The van der Waals surface area contributed by atoms with Gasteiger partial charge in [0.05, 0.1) is 23.5 Å². The molecule has 4 heteroatoms. The quantitative estimate of drug-likeness (QED) is 0.641. The lowest BCUT2D eigenvalue weighted by molar-refractivity contribution is 0.0527. The van der Waals surface area contributed by atoms with E-state index in [1.54, 1.807) is 13.0 Å². The maximum absolute atomic E-state index is 11.8. The van der Waals surface area contributed by atoms with Crippen LogP contribution in [0.3, 0.4) is 0 Å². The molecule has 1 fully saturated rings. The van der Waals surface area contributed by atoms with Gasteiger partial charge in [0.15, 0.2) is 0 Å². The zero-order valence-electron chi connectivity index (χ0n) is 11.0. The van der Waals surface area contributed by atoms with E-state index in [1.807, 2.05) is 19.2 Å². The van der Waals surface area contributed by atoms with Gasteiger partial charge in [-0.3, -0.25) is 0 Å². The molecule has 98 valence electrons. The second-order valence-electron chi connectivity index (χ2n) is 4.78. The van der Waals surface area contributed by atoms with Crippen molar-refractivity contribution in [3.8, 4) is 0 Å². The van der Waals surface area contributed by atoms with Crippen molar-refractivity contribution in [3.63, 3.8) is 0 Å². The Bertz CT molecular complexity index is 441. The Hall–Kier alpha value is -1.71. The van der Waals surface area contributed by atoms with E-state index in [4.69, 9.17) is 10.5 Å². The maximum Gasteiger partial charge on any atom is 0.340 e. The van der Waals surface area contributed by atoms with E-state index < -0.39 is 0 Å².